The molecule has 4 rings (SSSR count). The number of para-hydroxylation sites is 1. The molecule has 2 heterocycles. The highest BCUT2D eigenvalue weighted by Gasteiger charge is 2.29. The molecule has 3 aromatic rings. The van der Waals surface area contributed by atoms with Crippen LogP contribution in [0.25, 0.3) is 10.9 Å². The van der Waals surface area contributed by atoms with Gasteiger partial charge < -0.3 is 4.90 Å². The molecule has 5 nitrogen and oxygen atoms in total. The van der Waals surface area contributed by atoms with Crippen LogP contribution in [0, 0.1) is 0 Å². The van der Waals surface area contributed by atoms with Gasteiger partial charge in [0.1, 0.15) is 0 Å². The van der Waals surface area contributed by atoms with Crippen LogP contribution in [-0.2, 0) is 11.3 Å². The van der Waals surface area contributed by atoms with Gasteiger partial charge in [0.2, 0.25) is 5.91 Å². The molecule has 1 aliphatic rings. The van der Waals surface area contributed by atoms with E-state index in [1.54, 1.807) is 4.57 Å². The van der Waals surface area contributed by atoms with Crippen molar-refractivity contribution in [2.24, 2.45) is 0 Å². The Bertz CT molecular complexity index is 1090. The standard InChI is InChI=1S/C24H27N3O2S/c1-17-9-8-10-18(2)27(17)22(28)16-30-24-25-21-14-7-6-13-20(21)23(29)26(24)15-19-11-4-3-5-12-19/h3-7,11-14,17-18H,8-10,15-16H2,1-2H3/t17-,18-/m0/s1. The fourth-order valence-corrected chi connectivity index (χ4v) is 5.14. The molecule has 1 fully saturated rings. The lowest BCUT2D eigenvalue weighted by molar-refractivity contribution is -0.134. The molecule has 1 saturated heterocycles. The van der Waals surface area contributed by atoms with Crippen molar-refractivity contribution in [2.75, 3.05) is 5.75 Å². The SMILES string of the molecule is C[C@H]1CCC[C@H](C)N1C(=O)CSc1nc2ccccc2c(=O)n1Cc1ccccc1. The van der Waals surface area contributed by atoms with Gasteiger partial charge in [-0.05, 0) is 50.8 Å². The first kappa shape index (κ1) is 20.7. The summed E-state index contributed by atoms with van der Waals surface area (Å²) in [5.41, 5.74) is 1.63. The third-order valence-corrected chi connectivity index (χ3v) is 6.78. The highest BCUT2D eigenvalue weighted by molar-refractivity contribution is 7.99. The van der Waals surface area contributed by atoms with Crippen LogP contribution < -0.4 is 5.56 Å². The van der Waals surface area contributed by atoms with E-state index in [1.807, 2.05) is 59.5 Å². The molecule has 0 aliphatic carbocycles. The second-order valence-electron chi connectivity index (χ2n) is 8.01. The van der Waals surface area contributed by atoms with E-state index in [1.165, 1.54) is 18.2 Å². The predicted octanol–water partition coefficient (Wildman–Crippen LogP) is 4.33. The first-order valence-electron chi connectivity index (χ1n) is 10.5. The molecular formula is C24H27N3O2S. The third kappa shape index (κ3) is 4.29. The maximum Gasteiger partial charge on any atom is 0.262 e. The maximum atomic E-state index is 13.2. The number of thioether (sulfide) groups is 1. The smallest absolute Gasteiger partial charge is 0.262 e. The van der Waals surface area contributed by atoms with Crippen LogP contribution in [0.4, 0.5) is 0 Å². The van der Waals surface area contributed by atoms with E-state index < -0.39 is 0 Å². The highest BCUT2D eigenvalue weighted by Crippen LogP contribution is 2.25. The number of hydrogen-bond acceptors (Lipinski definition) is 4. The molecule has 6 heteroatoms. The molecule has 2 atom stereocenters. The molecule has 0 radical (unpaired) electrons. The lowest BCUT2D eigenvalue weighted by Crippen LogP contribution is -2.48. The van der Waals surface area contributed by atoms with Crippen molar-refractivity contribution in [3.63, 3.8) is 0 Å². The minimum atomic E-state index is -0.0703. The summed E-state index contributed by atoms with van der Waals surface area (Å²) in [5.74, 6) is 0.405. The van der Waals surface area contributed by atoms with Gasteiger partial charge in [-0.25, -0.2) is 4.98 Å². The molecule has 1 aromatic heterocycles. The van der Waals surface area contributed by atoms with Gasteiger partial charge in [0.25, 0.3) is 5.56 Å². The summed E-state index contributed by atoms with van der Waals surface area (Å²) in [6.07, 6.45) is 3.27. The Morgan fingerprint density at radius 3 is 2.43 bits per heavy atom. The number of benzene rings is 2. The van der Waals surface area contributed by atoms with Crippen LogP contribution in [0.3, 0.4) is 0 Å². The minimum Gasteiger partial charge on any atom is -0.337 e. The highest BCUT2D eigenvalue weighted by atomic mass is 32.2. The summed E-state index contributed by atoms with van der Waals surface area (Å²) >= 11 is 1.36. The van der Waals surface area contributed by atoms with Crippen LogP contribution in [0.5, 0.6) is 0 Å². The zero-order valence-electron chi connectivity index (χ0n) is 17.5. The molecule has 0 N–H and O–H groups in total. The quantitative estimate of drug-likeness (QED) is 0.455. The van der Waals surface area contributed by atoms with Crippen molar-refractivity contribution in [1.29, 1.82) is 0 Å². The molecule has 1 amide bonds. The molecule has 0 bridgehead atoms. The van der Waals surface area contributed by atoms with Gasteiger partial charge in [-0.3, -0.25) is 14.2 Å². The van der Waals surface area contributed by atoms with Crippen LogP contribution in [0.15, 0.2) is 64.5 Å². The Balaban J connectivity index is 1.64. The fourth-order valence-electron chi connectivity index (χ4n) is 4.28. The number of amides is 1. The molecule has 1 aliphatic heterocycles. The van der Waals surface area contributed by atoms with E-state index in [2.05, 4.69) is 13.8 Å². The monoisotopic (exact) mass is 421 g/mol. The number of carbonyl (C=O) groups excluding carboxylic acids is 1. The molecule has 30 heavy (non-hydrogen) atoms. The van der Waals surface area contributed by atoms with Crippen molar-refractivity contribution in [2.45, 2.75) is 56.9 Å². The van der Waals surface area contributed by atoms with Gasteiger partial charge in [-0.2, -0.15) is 0 Å². The average molecular weight is 422 g/mol. The van der Waals surface area contributed by atoms with E-state index in [9.17, 15) is 9.59 Å². The van der Waals surface area contributed by atoms with Crippen LogP contribution >= 0.6 is 11.8 Å². The first-order chi connectivity index (χ1) is 14.5. The summed E-state index contributed by atoms with van der Waals surface area (Å²) in [6.45, 7) is 4.68. The van der Waals surface area contributed by atoms with Crippen molar-refractivity contribution in [3.8, 4) is 0 Å². The number of nitrogens with zero attached hydrogens (tertiary/aromatic N) is 3. The molecule has 0 saturated carbocycles. The van der Waals surface area contributed by atoms with Gasteiger partial charge >= 0.3 is 0 Å². The Morgan fingerprint density at radius 1 is 1.03 bits per heavy atom. The van der Waals surface area contributed by atoms with Crippen molar-refractivity contribution < 1.29 is 4.79 Å². The number of hydrogen-bond donors (Lipinski definition) is 0. The zero-order chi connectivity index (χ0) is 21.1. The van der Waals surface area contributed by atoms with Gasteiger partial charge in [0, 0.05) is 12.1 Å². The number of fused-ring (bicyclic) bond motifs is 1. The number of rotatable bonds is 5. The number of aromatic nitrogens is 2. The van der Waals surface area contributed by atoms with Gasteiger partial charge in [-0.1, -0.05) is 54.2 Å². The van der Waals surface area contributed by atoms with E-state index in [4.69, 9.17) is 4.98 Å². The van der Waals surface area contributed by atoms with Crippen molar-refractivity contribution in [3.05, 3.63) is 70.5 Å². The third-order valence-electron chi connectivity index (χ3n) is 5.82. The largest absolute Gasteiger partial charge is 0.337 e. The van der Waals surface area contributed by atoms with Gasteiger partial charge in [-0.15, -0.1) is 0 Å². The van der Waals surface area contributed by atoms with Crippen LogP contribution in [0.2, 0.25) is 0 Å². The van der Waals surface area contributed by atoms with E-state index >= 15 is 0 Å². The molecule has 0 spiro atoms. The Morgan fingerprint density at radius 2 is 1.70 bits per heavy atom. The number of piperidine rings is 1. The first-order valence-corrected chi connectivity index (χ1v) is 11.5. The predicted molar refractivity (Wildman–Crippen MR) is 122 cm³/mol. The minimum absolute atomic E-state index is 0.0703. The summed E-state index contributed by atoms with van der Waals surface area (Å²) in [7, 11) is 0. The van der Waals surface area contributed by atoms with E-state index in [0.717, 1.165) is 18.4 Å². The summed E-state index contributed by atoms with van der Waals surface area (Å²) in [5, 5.41) is 1.19. The van der Waals surface area contributed by atoms with E-state index in [-0.39, 0.29) is 29.3 Å². The lowest BCUT2D eigenvalue weighted by atomic mass is 9.98. The Labute approximate surface area is 181 Å². The summed E-state index contributed by atoms with van der Waals surface area (Å²) < 4.78 is 1.69. The molecule has 2 aromatic carbocycles. The van der Waals surface area contributed by atoms with Gasteiger partial charge in [0.05, 0.1) is 23.2 Å². The summed E-state index contributed by atoms with van der Waals surface area (Å²) in [6, 6.07) is 17.8. The fraction of sp³-hybridized carbons (Fsp3) is 0.375. The topological polar surface area (TPSA) is 55.2 Å². The molecule has 156 valence electrons. The normalized spacial score (nSPS) is 19.2. The zero-order valence-corrected chi connectivity index (χ0v) is 18.3. The van der Waals surface area contributed by atoms with Crippen molar-refractivity contribution >= 4 is 28.6 Å². The lowest BCUT2D eigenvalue weighted by Gasteiger charge is -2.39. The maximum absolute atomic E-state index is 13.2. The second kappa shape index (κ2) is 9.04. The Hall–Kier alpha value is -2.60. The number of carbonyl (C=O) groups is 1. The molecule has 0 unspecified atom stereocenters. The number of likely N-dealkylation sites (tertiary alicyclic amines) is 1. The Kier molecular flexibility index (Phi) is 6.23. The van der Waals surface area contributed by atoms with Crippen LogP contribution in [-0.4, -0.2) is 38.2 Å². The molecular weight excluding hydrogens is 394 g/mol. The van der Waals surface area contributed by atoms with Crippen molar-refractivity contribution in [1.82, 2.24) is 14.5 Å². The summed E-state index contributed by atoms with van der Waals surface area (Å²) in [4.78, 5) is 33.0. The van der Waals surface area contributed by atoms with Gasteiger partial charge in [0.15, 0.2) is 5.16 Å². The van der Waals surface area contributed by atoms with Crippen LogP contribution in [0.1, 0.15) is 38.7 Å². The van der Waals surface area contributed by atoms with E-state index in [0.29, 0.717) is 22.6 Å². The second-order valence-corrected chi connectivity index (χ2v) is 8.95. The average Bonchev–Trinajstić information content (AvgIpc) is 2.75.